The summed E-state index contributed by atoms with van der Waals surface area (Å²) in [4.78, 5) is 4.04. The third-order valence-electron chi connectivity index (χ3n) is 3.52. The predicted molar refractivity (Wildman–Crippen MR) is 111 cm³/mol. The molecule has 0 radical (unpaired) electrons. The van der Waals surface area contributed by atoms with Crippen LogP contribution in [0.25, 0.3) is 10.3 Å². The summed E-state index contributed by atoms with van der Waals surface area (Å²) in [6.45, 7) is 4.34. The molecule has 0 spiro atoms. The zero-order valence-corrected chi connectivity index (χ0v) is 16.4. The molecule has 2 aliphatic rings. The third-order valence-corrected chi connectivity index (χ3v) is 9.09. The Hall–Kier alpha value is -1.22. The Morgan fingerprint density at radius 1 is 1.04 bits per heavy atom. The van der Waals surface area contributed by atoms with Gasteiger partial charge in [0.2, 0.25) is 0 Å². The molecule has 0 N–H and O–H groups in total. The number of nitrogens with zero attached hydrogens (tertiary/aromatic N) is 2. The van der Waals surface area contributed by atoms with E-state index in [9.17, 15) is 0 Å². The normalized spacial score (nSPS) is 17.0. The molecule has 1 aromatic carbocycles. The number of nitriles is 1. The summed E-state index contributed by atoms with van der Waals surface area (Å²) in [7, 11) is 0. The van der Waals surface area contributed by atoms with E-state index in [0.29, 0.717) is 6.42 Å². The van der Waals surface area contributed by atoms with Gasteiger partial charge in [-0.05, 0) is 40.2 Å². The van der Waals surface area contributed by atoms with Gasteiger partial charge in [0.1, 0.15) is 6.07 Å². The van der Waals surface area contributed by atoms with Crippen molar-refractivity contribution in [1.82, 2.24) is 0 Å². The Morgan fingerprint density at radius 2 is 1.71 bits per heavy atom. The molecular weight excluding hydrogens is 372 g/mol. The van der Waals surface area contributed by atoms with E-state index in [1.807, 2.05) is 59.4 Å². The van der Waals surface area contributed by atoms with Gasteiger partial charge in [-0.15, -0.1) is 0 Å². The molecule has 2 aliphatic heterocycles. The summed E-state index contributed by atoms with van der Waals surface area (Å²) >= 11 is 7.34. The predicted octanol–water partition coefficient (Wildman–Crippen LogP) is 6.55. The van der Waals surface area contributed by atoms with Gasteiger partial charge in [-0.3, -0.25) is 5.87 Å². The van der Waals surface area contributed by atoms with Gasteiger partial charge in [0.15, 0.2) is 0 Å². The minimum Gasteiger partial charge on any atom is -0.762 e. The largest absolute Gasteiger partial charge is 0.762 e. The van der Waals surface area contributed by atoms with E-state index in [-0.39, 0.29) is 5.57 Å². The fourth-order valence-electron chi connectivity index (χ4n) is 2.09. The van der Waals surface area contributed by atoms with Crippen LogP contribution in [0.1, 0.15) is 25.0 Å². The molecule has 3 rings (SSSR count). The van der Waals surface area contributed by atoms with E-state index in [4.69, 9.17) is 10.7 Å². The first-order valence-electron chi connectivity index (χ1n) is 7.18. The SMILES string of the molecule is CC1=C(C)SC(=C2SC=C(c3ccc(CC(=C=[N-])C#N)cc3)S2)S1. The summed E-state index contributed by atoms with van der Waals surface area (Å²) in [5.74, 6) is 1.94. The summed E-state index contributed by atoms with van der Waals surface area (Å²) in [5, 5.41) is 19.9. The Morgan fingerprint density at radius 3 is 2.29 bits per heavy atom. The maximum atomic E-state index is 8.85. The molecule has 0 aliphatic carbocycles. The first-order chi connectivity index (χ1) is 11.6. The van der Waals surface area contributed by atoms with Gasteiger partial charge in [-0.1, -0.05) is 71.3 Å². The Balaban J connectivity index is 1.70. The van der Waals surface area contributed by atoms with Gasteiger partial charge in [0.25, 0.3) is 0 Å². The van der Waals surface area contributed by atoms with Crippen LogP contribution in [0.4, 0.5) is 0 Å². The monoisotopic (exact) mass is 385 g/mol. The smallest absolute Gasteiger partial charge is 0.102 e. The molecule has 2 heterocycles. The molecule has 6 heteroatoms. The summed E-state index contributed by atoms with van der Waals surface area (Å²) in [5.41, 5.74) is 2.41. The van der Waals surface area contributed by atoms with E-state index in [1.165, 1.54) is 28.8 Å². The highest BCUT2D eigenvalue weighted by atomic mass is 32.2. The lowest BCUT2D eigenvalue weighted by molar-refractivity contribution is 1.22. The molecule has 24 heavy (non-hydrogen) atoms. The first kappa shape index (κ1) is 17.6. The minimum absolute atomic E-state index is 0.244. The van der Waals surface area contributed by atoms with Crippen LogP contribution in [0.3, 0.4) is 0 Å². The molecule has 0 unspecified atom stereocenters. The fraction of sp³-hybridized carbons (Fsp3) is 0.167. The van der Waals surface area contributed by atoms with Crippen LogP contribution in [0, 0.1) is 11.3 Å². The Kier molecular flexibility index (Phi) is 5.70. The Bertz CT molecular complexity index is 847. The molecule has 0 aromatic heterocycles. The number of rotatable bonds is 3. The van der Waals surface area contributed by atoms with Crippen LogP contribution < -0.4 is 0 Å². The van der Waals surface area contributed by atoms with Crippen molar-refractivity contribution < 1.29 is 0 Å². The topological polar surface area (TPSA) is 46.1 Å². The highest BCUT2D eigenvalue weighted by Crippen LogP contribution is 2.59. The second kappa shape index (κ2) is 7.77. The summed E-state index contributed by atoms with van der Waals surface area (Å²) in [6, 6.07) is 10.1. The standard InChI is InChI=1S/C18H13N2S4/c1-11-12(2)23-18(22-11)17-21-10-16(24-17)15-5-3-13(4-6-15)7-14(8-19)9-20/h3-6,10H,7H2,1-2H3/q-1. The molecule has 2 nitrogen and oxygen atoms in total. The van der Waals surface area contributed by atoms with Crippen molar-refractivity contribution in [3.8, 4) is 6.07 Å². The maximum absolute atomic E-state index is 8.85. The zero-order valence-electron chi connectivity index (χ0n) is 13.1. The van der Waals surface area contributed by atoms with Crippen molar-refractivity contribution in [2.24, 2.45) is 0 Å². The summed E-state index contributed by atoms with van der Waals surface area (Å²) < 4.78 is 2.73. The van der Waals surface area contributed by atoms with Crippen LogP contribution in [0.5, 0.6) is 0 Å². The first-order valence-corrected chi connectivity index (χ1v) is 10.5. The quantitative estimate of drug-likeness (QED) is 0.436. The van der Waals surface area contributed by atoms with Crippen molar-refractivity contribution in [2.75, 3.05) is 0 Å². The lowest BCUT2D eigenvalue weighted by Gasteiger charge is -2.05. The van der Waals surface area contributed by atoms with Gasteiger partial charge in [-0.2, -0.15) is 5.26 Å². The number of hydrogen-bond acceptors (Lipinski definition) is 5. The molecule has 0 saturated heterocycles. The lowest BCUT2D eigenvalue weighted by atomic mass is 10.1. The number of allylic oxidation sites excluding steroid dienone is 3. The highest BCUT2D eigenvalue weighted by molar-refractivity contribution is 8.35. The van der Waals surface area contributed by atoms with E-state index in [2.05, 4.69) is 31.4 Å². The second-order valence-electron chi connectivity index (χ2n) is 5.17. The van der Waals surface area contributed by atoms with Crippen molar-refractivity contribution in [2.45, 2.75) is 20.3 Å². The van der Waals surface area contributed by atoms with E-state index < -0.39 is 0 Å². The van der Waals surface area contributed by atoms with Crippen molar-refractivity contribution in [3.63, 3.8) is 0 Å². The molecule has 120 valence electrons. The van der Waals surface area contributed by atoms with E-state index >= 15 is 0 Å². The summed E-state index contributed by atoms with van der Waals surface area (Å²) in [6.07, 6.45) is 0.404. The number of thioether (sulfide) groups is 4. The molecule has 0 saturated carbocycles. The average Bonchev–Trinajstić information content (AvgIpc) is 3.21. The molecule has 1 aromatic rings. The average molecular weight is 386 g/mol. The maximum Gasteiger partial charge on any atom is 0.102 e. The van der Waals surface area contributed by atoms with Gasteiger partial charge in [0.05, 0.1) is 14.0 Å². The minimum atomic E-state index is 0.244. The van der Waals surface area contributed by atoms with Crippen molar-refractivity contribution in [1.29, 1.82) is 5.26 Å². The number of benzene rings is 1. The van der Waals surface area contributed by atoms with Gasteiger partial charge >= 0.3 is 0 Å². The van der Waals surface area contributed by atoms with Gasteiger partial charge in [-0.25, -0.2) is 0 Å². The molecule has 0 bridgehead atoms. The molecule has 0 atom stereocenters. The van der Waals surface area contributed by atoms with Crippen LogP contribution in [0.2, 0.25) is 0 Å². The van der Waals surface area contributed by atoms with E-state index in [1.54, 1.807) is 11.8 Å². The van der Waals surface area contributed by atoms with Crippen LogP contribution in [0.15, 0.2) is 53.5 Å². The van der Waals surface area contributed by atoms with Gasteiger partial charge < -0.3 is 5.41 Å². The van der Waals surface area contributed by atoms with E-state index in [0.717, 1.165) is 5.56 Å². The van der Waals surface area contributed by atoms with Crippen LogP contribution in [-0.2, 0) is 6.42 Å². The molecular formula is C18H13N2S4-. The van der Waals surface area contributed by atoms with Crippen molar-refractivity contribution in [3.05, 3.63) is 70.1 Å². The number of hydrogen-bond donors (Lipinski definition) is 0. The second-order valence-corrected chi connectivity index (χ2v) is 10.1. The zero-order chi connectivity index (χ0) is 17.1. The van der Waals surface area contributed by atoms with Gasteiger partial charge in [0, 0.05) is 11.3 Å². The lowest BCUT2D eigenvalue weighted by Crippen LogP contribution is -1.89. The third kappa shape index (κ3) is 3.88. The highest BCUT2D eigenvalue weighted by Gasteiger charge is 2.23. The van der Waals surface area contributed by atoms with Crippen molar-refractivity contribution >= 4 is 57.8 Å². The molecule has 0 amide bonds. The Labute approximate surface area is 159 Å². The molecule has 0 fully saturated rings. The fourth-order valence-corrected chi connectivity index (χ4v) is 7.23. The van der Waals surface area contributed by atoms with Crippen LogP contribution in [-0.4, -0.2) is 5.87 Å². The van der Waals surface area contributed by atoms with Crippen LogP contribution >= 0.6 is 47.0 Å².